The lowest BCUT2D eigenvalue weighted by Gasteiger charge is -2.27. The van der Waals surface area contributed by atoms with Crippen LogP contribution in [0.15, 0.2) is 54.6 Å². The van der Waals surface area contributed by atoms with Crippen LogP contribution in [0.1, 0.15) is 26.3 Å². The average molecular weight is 251 g/mol. The van der Waals surface area contributed by atoms with Gasteiger partial charge in [-0.2, -0.15) is 0 Å². The van der Waals surface area contributed by atoms with Crippen LogP contribution in [0.2, 0.25) is 0 Å². The molecule has 0 saturated heterocycles. The van der Waals surface area contributed by atoms with E-state index in [4.69, 9.17) is 0 Å². The van der Waals surface area contributed by atoms with E-state index in [1.54, 1.807) is 17.0 Å². The fourth-order valence-corrected chi connectivity index (χ4v) is 2.36. The molecular weight excluding hydrogens is 238 g/mol. The Morgan fingerprint density at radius 2 is 1.58 bits per heavy atom. The molecule has 0 bridgehead atoms. The molecule has 2 aromatic rings. The summed E-state index contributed by atoms with van der Waals surface area (Å²) in [6, 6.07) is 16.5. The van der Waals surface area contributed by atoms with Gasteiger partial charge in [0.15, 0.2) is 5.78 Å². The fourth-order valence-electron chi connectivity index (χ4n) is 2.36. The van der Waals surface area contributed by atoms with Crippen LogP contribution in [0, 0.1) is 0 Å². The highest BCUT2D eigenvalue weighted by atomic mass is 16.2. The van der Waals surface area contributed by atoms with Crippen LogP contribution in [-0.4, -0.2) is 23.1 Å². The second-order valence-corrected chi connectivity index (χ2v) is 4.61. The summed E-state index contributed by atoms with van der Waals surface area (Å²) in [6.07, 6.45) is 0. The Bertz CT molecular complexity index is 634. The van der Waals surface area contributed by atoms with Crippen molar-refractivity contribution < 1.29 is 9.59 Å². The Labute approximate surface area is 111 Å². The molecule has 0 aromatic heterocycles. The first-order chi connectivity index (χ1) is 9.25. The summed E-state index contributed by atoms with van der Waals surface area (Å²) in [5.74, 6) is -0.0883. The minimum absolute atomic E-state index is 0.00568. The van der Waals surface area contributed by atoms with E-state index >= 15 is 0 Å². The number of carbonyl (C=O) groups is 2. The Morgan fingerprint density at radius 1 is 0.895 bits per heavy atom. The maximum absolute atomic E-state index is 12.3. The van der Waals surface area contributed by atoms with Crippen LogP contribution < -0.4 is 0 Å². The van der Waals surface area contributed by atoms with Gasteiger partial charge in [0.05, 0.1) is 6.54 Å². The second-order valence-electron chi connectivity index (χ2n) is 4.61. The lowest BCUT2D eigenvalue weighted by Crippen LogP contribution is -2.39. The van der Waals surface area contributed by atoms with Gasteiger partial charge in [-0.05, 0) is 17.7 Å². The van der Waals surface area contributed by atoms with E-state index < -0.39 is 0 Å². The van der Waals surface area contributed by atoms with Crippen LogP contribution in [-0.2, 0) is 6.54 Å². The maximum Gasteiger partial charge on any atom is 0.254 e. The molecule has 1 aliphatic rings. The Kier molecular flexibility index (Phi) is 2.88. The van der Waals surface area contributed by atoms with Crippen molar-refractivity contribution in [3.63, 3.8) is 0 Å². The number of rotatable bonds is 1. The Balaban J connectivity index is 1.90. The first-order valence-corrected chi connectivity index (χ1v) is 6.21. The average Bonchev–Trinajstić information content (AvgIpc) is 2.47. The number of Topliss-reactive ketones (excluding diaryl/α,β-unsaturated/α-hetero) is 1. The number of benzene rings is 2. The molecule has 94 valence electrons. The summed E-state index contributed by atoms with van der Waals surface area (Å²) in [5, 5.41) is 0. The molecule has 0 fully saturated rings. The highest BCUT2D eigenvalue weighted by molar-refractivity contribution is 6.04. The molecule has 19 heavy (non-hydrogen) atoms. The first kappa shape index (κ1) is 11.7. The van der Waals surface area contributed by atoms with Crippen LogP contribution >= 0.6 is 0 Å². The lowest BCUT2D eigenvalue weighted by molar-refractivity contribution is 0.0679. The van der Waals surface area contributed by atoms with Gasteiger partial charge in [-0.3, -0.25) is 9.59 Å². The quantitative estimate of drug-likeness (QED) is 0.781. The number of hydrogen-bond donors (Lipinski definition) is 0. The molecule has 0 spiro atoms. The number of carbonyl (C=O) groups excluding carboxylic acids is 2. The van der Waals surface area contributed by atoms with Gasteiger partial charge in [0.25, 0.3) is 5.91 Å². The molecular formula is C16H13NO2. The molecule has 0 unspecified atom stereocenters. The molecule has 2 aromatic carbocycles. The molecule has 3 nitrogen and oxygen atoms in total. The zero-order chi connectivity index (χ0) is 13.2. The third-order valence-corrected chi connectivity index (χ3v) is 3.32. The number of amides is 1. The van der Waals surface area contributed by atoms with Gasteiger partial charge in [-0.15, -0.1) is 0 Å². The normalized spacial score (nSPS) is 14.1. The van der Waals surface area contributed by atoms with Crippen molar-refractivity contribution in [2.75, 3.05) is 6.54 Å². The van der Waals surface area contributed by atoms with Gasteiger partial charge >= 0.3 is 0 Å². The van der Waals surface area contributed by atoms with Crippen LogP contribution in [0.4, 0.5) is 0 Å². The second kappa shape index (κ2) is 4.69. The third kappa shape index (κ3) is 2.15. The topological polar surface area (TPSA) is 37.4 Å². The molecule has 0 radical (unpaired) electrons. The van der Waals surface area contributed by atoms with E-state index in [2.05, 4.69) is 0 Å². The van der Waals surface area contributed by atoms with Gasteiger partial charge in [-0.1, -0.05) is 42.5 Å². The number of ketones is 1. The summed E-state index contributed by atoms with van der Waals surface area (Å²) in [6.45, 7) is 0.653. The van der Waals surface area contributed by atoms with Crippen molar-refractivity contribution in [3.8, 4) is 0 Å². The van der Waals surface area contributed by atoms with Crippen molar-refractivity contribution >= 4 is 11.7 Å². The number of fused-ring (bicyclic) bond motifs is 1. The SMILES string of the molecule is O=C1CN(C(=O)c2ccccc2)Cc2ccccc21. The fraction of sp³-hybridized carbons (Fsp3) is 0.125. The Morgan fingerprint density at radius 3 is 2.37 bits per heavy atom. The molecule has 0 atom stereocenters. The minimum Gasteiger partial charge on any atom is -0.327 e. The molecule has 1 heterocycles. The van der Waals surface area contributed by atoms with Gasteiger partial charge in [0, 0.05) is 17.7 Å². The highest BCUT2D eigenvalue weighted by Gasteiger charge is 2.26. The Hall–Kier alpha value is -2.42. The molecule has 0 N–H and O–H groups in total. The monoisotopic (exact) mass is 251 g/mol. The minimum atomic E-state index is -0.0940. The van der Waals surface area contributed by atoms with Gasteiger partial charge in [0.1, 0.15) is 0 Å². The largest absolute Gasteiger partial charge is 0.327 e. The zero-order valence-electron chi connectivity index (χ0n) is 10.4. The van der Waals surface area contributed by atoms with Crippen LogP contribution in [0.3, 0.4) is 0 Å². The molecule has 0 aliphatic carbocycles. The van der Waals surface area contributed by atoms with Crippen molar-refractivity contribution in [3.05, 3.63) is 71.3 Å². The van der Waals surface area contributed by atoms with E-state index in [9.17, 15) is 9.59 Å². The highest BCUT2D eigenvalue weighted by Crippen LogP contribution is 2.20. The summed E-state index contributed by atoms with van der Waals surface area (Å²) >= 11 is 0. The van der Waals surface area contributed by atoms with E-state index in [1.807, 2.05) is 42.5 Å². The third-order valence-electron chi connectivity index (χ3n) is 3.32. The zero-order valence-corrected chi connectivity index (χ0v) is 10.4. The predicted molar refractivity (Wildman–Crippen MR) is 72.0 cm³/mol. The van der Waals surface area contributed by atoms with Gasteiger partial charge in [0.2, 0.25) is 0 Å². The van der Waals surface area contributed by atoms with E-state index in [0.29, 0.717) is 12.1 Å². The van der Waals surface area contributed by atoms with E-state index in [-0.39, 0.29) is 18.2 Å². The standard InChI is InChI=1S/C16H13NO2/c18-15-11-17(10-13-8-4-5-9-14(13)15)16(19)12-6-2-1-3-7-12/h1-9H,10-11H2. The summed E-state index contributed by atoms with van der Waals surface area (Å²) in [7, 11) is 0. The van der Waals surface area contributed by atoms with Crippen molar-refractivity contribution in [1.82, 2.24) is 4.90 Å². The van der Waals surface area contributed by atoms with Crippen molar-refractivity contribution in [2.45, 2.75) is 6.54 Å². The molecule has 3 heteroatoms. The summed E-state index contributed by atoms with van der Waals surface area (Å²) in [5.41, 5.74) is 2.28. The maximum atomic E-state index is 12.3. The van der Waals surface area contributed by atoms with Crippen LogP contribution in [0.5, 0.6) is 0 Å². The van der Waals surface area contributed by atoms with Crippen LogP contribution in [0.25, 0.3) is 0 Å². The van der Waals surface area contributed by atoms with E-state index in [1.165, 1.54) is 0 Å². The molecule has 1 amide bonds. The smallest absolute Gasteiger partial charge is 0.254 e. The number of hydrogen-bond acceptors (Lipinski definition) is 2. The molecule has 3 rings (SSSR count). The van der Waals surface area contributed by atoms with Crippen molar-refractivity contribution in [1.29, 1.82) is 0 Å². The molecule has 0 saturated carbocycles. The van der Waals surface area contributed by atoms with Crippen molar-refractivity contribution in [2.24, 2.45) is 0 Å². The van der Waals surface area contributed by atoms with E-state index in [0.717, 1.165) is 11.1 Å². The van der Waals surface area contributed by atoms with Gasteiger partial charge in [-0.25, -0.2) is 0 Å². The molecule has 1 aliphatic heterocycles. The number of nitrogens with zero attached hydrogens (tertiary/aromatic N) is 1. The first-order valence-electron chi connectivity index (χ1n) is 6.21. The van der Waals surface area contributed by atoms with Gasteiger partial charge < -0.3 is 4.90 Å². The summed E-state index contributed by atoms with van der Waals surface area (Å²) < 4.78 is 0. The lowest BCUT2D eigenvalue weighted by atomic mass is 9.98. The predicted octanol–water partition coefficient (Wildman–Crippen LogP) is 2.53. The summed E-state index contributed by atoms with van der Waals surface area (Å²) in [4.78, 5) is 26.0.